The van der Waals surface area contributed by atoms with E-state index in [9.17, 15) is 41.0 Å². The van der Waals surface area contributed by atoms with Crippen molar-refractivity contribution in [3.8, 4) is 11.1 Å². The largest absolute Gasteiger partial charge is 0.456 e. The van der Waals surface area contributed by atoms with Gasteiger partial charge in [-0.05, 0) is 67.1 Å². The molecule has 1 heterocycles. The van der Waals surface area contributed by atoms with Gasteiger partial charge in [-0.2, -0.15) is 22.0 Å². The standard InChI is InChI=1S/C24H22ClF6NO3/c1-13-11-18(26)17(14-4-6-15(25)7-5-14)12-16(13)20-19(33)3-2-8-22(35,9-10-32-21(20)34)23(27,28)24(29,30)31/h4-7,11-12,20,35H,2-3,8-10H2,1H3,(H,32,34). The zero-order valence-corrected chi connectivity index (χ0v) is 19.2. The van der Waals surface area contributed by atoms with Crippen molar-refractivity contribution in [1.82, 2.24) is 5.32 Å². The zero-order valence-electron chi connectivity index (χ0n) is 18.5. The number of Topliss-reactive ketones (excluding diaryl/α,β-unsaturated/α-hetero) is 1. The van der Waals surface area contributed by atoms with Crippen LogP contribution in [0.2, 0.25) is 5.02 Å². The van der Waals surface area contributed by atoms with Crippen molar-refractivity contribution in [2.24, 2.45) is 0 Å². The molecule has 0 saturated carbocycles. The average molecular weight is 522 g/mol. The van der Waals surface area contributed by atoms with Crippen molar-refractivity contribution < 1.29 is 41.0 Å². The summed E-state index contributed by atoms with van der Waals surface area (Å²) in [5.41, 5.74) is -2.50. The van der Waals surface area contributed by atoms with Gasteiger partial charge in [-0.25, -0.2) is 4.39 Å². The maximum absolute atomic E-state index is 14.7. The first-order valence-electron chi connectivity index (χ1n) is 10.7. The van der Waals surface area contributed by atoms with Gasteiger partial charge in [0.05, 0.1) is 0 Å². The Hall–Kier alpha value is -2.59. The molecule has 0 radical (unpaired) electrons. The number of carbonyl (C=O) groups excluding carboxylic acids is 2. The molecule has 0 spiro atoms. The van der Waals surface area contributed by atoms with Crippen molar-refractivity contribution in [2.45, 2.75) is 56.2 Å². The molecule has 0 bridgehead atoms. The Morgan fingerprint density at radius 2 is 1.69 bits per heavy atom. The predicted octanol–water partition coefficient (Wildman–Crippen LogP) is 5.73. The highest BCUT2D eigenvalue weighted by Gasteiger charge is 2.69. The summed E-state index contributed by atoms with van der Waals surface area (Å²) < 4.78 is 81.4. The quantitative estimate of drug-likeness (QED) is 0.401. The van der Waals surface area contributed by atoms with Crippen molar-refractivity contribution >= 4 is 23.3 Å². The number of hydrogen-bond donors (Lipinski definition) is 2. The number of amides is 1. The Bertz CT molecular complexity index is 1100. The normalized spacial score (nSPS) is 22.6. The third-order valence-electron chi connectivity index (χ3n) is 6.20. The van der Waals surface area contributed by atoms with Gasteiger partial charge in [-0.1, -0.05) is 23.7 Å². The minimum Gasteiger partial charge on any atom is -0.383 e. The molecule has 0 aromatic heterocycles. The molecule has 3 rings (SSSR count). The summed E-state index contributed by atoms with van der Waals surface area (Å²) in [5, 5.41) is 12.8. The number of halogens is 7. The Balaban J connectivity index is 1.94. The average Bonchev–Trinajstić information content (AvgIpc) is 2.75. The van der Waals surface area contributed by atoms with Gasteiger partial charge >= 0.3 is 12.1 Å². The van der Waals surface area contributed by atoms with E-state index in [2.05, 4.69) is 5.32 Å². The van der Waals surface area contributed by atoms with Crippen LogP contribution in [-0.4, -0.2) is 41.0 Å². The highest BCUT2D eigenvalue weighted by Crippen LogP contribution is 2.47. The smallest absolute Gasteiger partial charge is 0.383 e. The second-order valence-corrected chi connectivity index (χ2v) is 9.03. The van der Waals surface area contributed by atoms with E-state index in [0.29, 0.717) is 10.6 Å². The maximum atomic E-state index is 14.7. The Kier molecular flexibility index (Phi) is 7.57. The number of aliphatic hydroxyl groups is 1. The van der Waals surface area contributed by atoms with Crippen LogP contribution in [0.25, 0.3) is 11.1 Å². The lowest BCUT2D eigenvalue weighted by molar-refractivity contribution is -0.344. The van der Waals surface area contributed by atoms with E-state index in [1.165, 1.54) is 25.1 Å². The van der Waals surface area contributed by atoms with Crippen molar-refractivity contribution in [2.75, 3.05) is 6.54 Å². The molecular formula is C24H22ClF6NO3. The third-order valence-corrected chi connectivity index (χ3v) is 6.45. The number of aryl methyl sites for hydroxylation is 1. The van der Waals surface area contributed by atoms with Crippen LogP contribution in [0.15, 0.2) is 36.4 Å². The number of alkyl halides is 5. The zero-order chi connectivity index (χ0) is 26.2. The van der Waals surface area contributed by atoms with Crippen LogP contribution < -0.4 is 5.32 Å². The summed E-state index contributed by atoms with van der Waals surface area (Å²) in [6.07, 6.45) is -9.14. The molecular weight excluding hydrogens is 500 g/mol. The van der Waals surface area contributed by atoms with Gasteiger partial charge in [0, 0.05) is 23.6 Å². The summed E-state index contributed by atoms with van der Waals surface area (Å²) in [6.45, 7) is 0.765. The van der Waals surface area contributed by atoms with Crippen molar-refractivity contribution in [3.05, 3.63) is 58.4 Å². The van der Waals surface area contributed by atoms with Crippen LogP contribution in [0, 0.1) is 12.7 Å². The van der Waals surface area contributed by atoms with Gasteiger partial charge in [0.25, 0.3) is 0 Å². The molecule has 1 amide bonds. The molecule has 11 heteroatoms. The van der Waals surface area contributed by atoms with Gasteiger partial charge in [-0.15, -0.1) is 0 Å². The first-order valence-corrected chi connectivity index (χ1v) is 11.1. The predicted molar refractivity (Wildman–Crippen MR) is 117 cm³/mol. The van der Waals surface area contributed by atoms with Gasteiger partial charge < -0.3 is 10.4 Å². The fraction of sp³-hybridized carbons (Fsp3) is 0.417. The number of rotatable bonds is 3. The summed E-state index contributed by atoms with van der Waals surface area (Å²) in [7, 11) is 0. The minimum atomic E-state index is -6.01. The van der Waals surface area contributed by atoms with Gasteiger partial charge in [0.1, 0.15) is 23.1 Å². The van der Waals surface area contributed by atoms with Crippen LogP contribution in [0.3, 0.4) is 0 Å². The fourth-order valence-electron chi connectivity index (χ4n) is 4.21. The van der Waals surface area contributed by atoms with Crippen molar-refractivity contribution in [1.29, 1.82) is 0 Å². The fourth-order valence-corrected chi connectivity index (χ4v) is 4.33. The second-order valence-electron chi connectivity index (χ2n) is 8.59. The Morgan fingerprint density at radius 3 is 2.29 bits per heavy atom. The monoisotopic (exact) mass is 521 g/mol. The number of nitrogens with one attached hydrogen (secondary N) is 1. The Labute approximate surface area is 202 Å². The van der Waals surface area contributed by atoms with Crippen LogP contribution in [0.5, 0.6) is 0 Å². The minimum absolute atomic E-state index is 0.0964. The van der Waals surface area contributed by atoms with Gasteiger partial charge in [0.2, 0.25) is 5.91 Å². The molecule has 2 atom stereocenters. The van der Waals surface area contributed by atoms with E-state index in [4.69, 9.17) is 11.6 Å². The molecule has 2 N–H and O–H groups in total. The highest BCUT2D eigenvalue weighted by molar-refractivity contribution is 6.30. The topological polar surface area (TPSA) is 66.4 Å². The molecule has 4 nitrogen and oxygen atoms in total. The number of carbonyl (C=O) groups is 2. The van der Waals surface area contributed by atoms with E-state index >= 15 is 0 Å². The molecule has 1 aliphatic heterocycles. The number of hydrogen-bond acceptors (Lipinski definition) is 3. The summed E-state index contributed by atoms with van der Waals surface area (Å²) in [5.74, 6) is -9.17. The van der Waals surface area contributed by atoms with Gasteiger partial charge in [-0.3, -0.25) is 9.59 Å². The number of ketones is 1. The molecule has 35 heavy (non-hydrogen) atoms. The van der Waals surface area contributed by atoms with E-state index in [-0.39, 0.29) is 16.7 Å². The first kappa shape index (κ1) is 27.0. The van der Waals surface area contributed by atoms with E-state index in [1.54, 1.807) is 12.1 Å². The molecule has 1 aliphatic rings. The van der Waals surface area contributed by atoms with Crippen LogP contribution in [-0.2, 0) is 9.59 Å². The van der Waals surface area contributed by atoms with Crippen LogP contribution in [0.1, 0.15) is 42.7 Å². The first-order chi connectivity index (χ1) is 16.2. The molecule has 1 fully saturated rings. The number of benzene rings is 2. The molecule has 1 saturated heterocycles. The third kappa shape index (κ3) is 5.33. The van der Waals surface area contributed by atoms with Crippen LogP contribution >= 0.6 is 11.6 Å². The van der Waals surface area contributed by atoms with E-state index in [1.807, 2.05) is 0 Å². The second kappa shape index (κ2) is 9.81. The maximum Gasteiger partial charge on any atom is 0.456 e. The lowest BCUT2D eigenvalue weighted by atomic mass is 9.81. The van der Waals surface area contributed by atoms with Crippen LogP contribution in [0.4, 0.5) is 26.3 Å². The SMILES string of the molecule is Cc1cc(F)c(-c2ccc(Cl)cc2)cc1C1C(=O)CCCC(O)(C(F)(F)C(F)(F)F)CCNC1=O. The molecule has 2 aromatic carbocycles. The summed E-state index contributed by atoms with van der Waals surface area (Å²) in [6, 6.07) is 8.68. The molecule has 2 aromatic rings. The van der Waals surface area contributed by atoms with E-state index in [0.717, 1.165) is 6.07 Å². The summed E-state index contributed by atoms with van der Waals surface area (Å²) in [4.78, 5) is 25.9. The molecule has 2 unspecified atom stereocenters. The Morgan fingerprint density at radius 1 is 1.06 bits per heavy atom. The van der Waals surface area contributed by atoms with Crippen molar-refractivity contribution in [3.63, 3.8) is 0 Å². The van der Waals surface area contributed by atoms with Gasteiger partial charge in [0.15, 0.2) is 0 Å². The highest BCUT2D eigenvalue weighted by atomic mass is 35.5. The lowest BCUT2D eigenvalue weighted by Gasteiger charge is -2.37. The van der Waals surface area contributed by atoms with E-state index < -0.39 is 73.4 Å². The molecule has 0 aliphatic carbocycles. The molecule has 190 valence electrons. The lowest BCUT2D eigenvalue weighted by Crippen LogP contribution is -2.58. The summed E-state index contributed by atoms with van der Waals surface area (Å²) >= 11 is 5.87.